The Morgan fingerprint density at radius 2 is 2.27 bits per heavy atom. The van der Waals surface area contributed by atoms with Gasteiger partial charge in [-0.2, -0.15) is 5.26 Å². The molecule has 80 valence electrons. The first-order valence-electron chi connectivity index (χ1n) is 5.43. The average molecular weight is 220 g/mol. The third-order valence-corrected chi connectivity index (χ3v) is 4.47. The van der Waals surface area contributed by atoms with Gasteiger partial charge in [0.05, 0.1) is 5.56 Å². The summed E-state index contributed by atoms with van der Waals surface area (Å²) >= 11 is 1.62. The minimum atomic E-state index is 0.715. The van der Waals surface area contributed by atoms with E-state index in [0.29, 0.717) is 5.00 Å². The number of hydrogen-bond donors (Lipinski definition) is 1. The van der Waals surface area contributed by atoms with Crippen molar-refractivity contribution in [1.82, 2.24) is 0 Å². The molecular weight excluding hydrogens is 204 g/mol. The third kappa shape index (κ3) is 1.74. The molecule has 1 aromatic rings. The van der Waals surface area contributed by atoms with E-state index < -0.39 is 0 Å². The van der Waals surface area contributed by atoms with Crippen LogP contribution in [0.25, 0.3) is 0 Å². The van der Waals surface area contributed by atoms with Gasteiger partial charge in [0.15, 0.2) is 0 Å². The highest BCUT2D eigenvalue weighted by molar-refractivity contribution is 7.16. The molecule has 0 aliphatic heterocycles. The summed E-state index contributed by atoms with van der Waals surface area (Å²) in [5.41, 5.74) is 7.83. The lowest BCUT2D eigenvalue weighted by Crippen LogP contribution is -2.17. The first-order valence-corrected chi connectivity index (χ1v) is 6.25. The zero-order chi connectivity index (χ0) is 11.0. The monoisotopic (exact) mass is 220 g/mol. The lowest BCUT2D eigenvalue weighted by Gasteiger charge is -2.25. The fourth-order valence-electron chi connectivity index (χ4n) is 2.32. The standard InChI is InChI=1S/C12H16N2S/c1-7(2)8-3-4-9-10(6-13)12(14)15-11(9)5-8/h7-8H,3-5,14H2,1-2H3/t8-/m0/s1. The molecule has 0 saturated heterocycles. The molecule has 0 bridgehead atoms. The van der Waals surface area contributed by atoms with Crippen molar-refractivity contribution in [2.45, 2.75) is 33.1 Å². The van der Waals surface area contributed by atoms with Crippen molar-refractivity contribution in [2.75, 3.05) is 5.73 Å². The van der Waals surface area contributed by atoms with Gasteiger partial charge in [-0.05, 0) is 36.7 Å². The molecule has 0 saturated carbocycles. The summed E-state index contributed by atoms with van der Waals surface area (Å²) < 4.78 is 0. The second-order valence-electron chi connectivity index (χ2n) is 4.60. The van der Waals surface area contributed by atoms with Gasteiger partial charge in [0.1, 0.15) is 11.1 Å². The van der Waals surface area contributed by atoms with Crippen molar-refractivity contribution in [2.24, 2.45) is 11.8 Å². The number of hydrogen-bond acceptors (Lipinski definition) is 3. The Hall–Kier alpha value is -1.01. The van der Waals surface area contributed by atoms with Crippen molar-refractivity contribution in [1.29, 1.82) is 5.26 Å². The number of anilines is 1. The van der Waals surface area contributed by atoms with E-state index in [1.165, 1.54) is 16.9 Å². The maximum Gasteiger partial charge on any atom is 0.104 e. The molecule has 0 radical (unpaired) electrons. The Bertz CT molecular complexity index is 412. The Balaban J connectivity index is 2.33. The molecule has 0 aromatic carbocycles. The van der Waals surface area contributed by atoms with E-state index >= 15 is 0 Å². The van der Waals surface area contributed by atoms with Crippen molar-refractivity contribution in [3.05, 3.63) is 16.0 Å². The van der Waals surface area contributed by atoms with E-state index in [2.05, 4.69) is 19.9 Å². The predicted molar refractivity (Wildman–Crippen MR) is 63.8 cm³/mol. The quantitative estimate of drug-likeness (QED) is 0.791. The van der Waals surface area contributed by atoms with Crippen molar-refractivity contribution < 1.29 is 0 Å². The van der Waals surface area contributed by atoms with Gasteiger partial charge in [0.25, 0.3) is 0 Å². The summed E-state index contributed by atoms with van der Waals surface area (Å²) in [6.45, 7) is 4.55. The minimum Gasteiger partial charge on any atom is -0.389 e. The molecule has 1 heterocycles. The first kappa shape index (κ1) is 10.5. The van der Waals surface area contributed by atoms with Gasteiger partial charge in [-0.1, -0.05) is 13.8 Å². The van der Waals surface area contributed by atoms with E-state index in [0.717, 1.165) is 30.2 Å². The fourth-order valence-corrected chi connectivity index (χ4v) is 3.49. The van der Waals surface area contributed by atoms with Crippen LogP contribution in [0.5, 0.6) is 0 Å². The summed E-state index contributed by atoms with van der Waals surface area (Å²) in [4.78, 5) is 1.36. The van der Waals surface area contributed by atoms with E-state index in [1.54, 1.807) is 11.3 Å². The molecule has 3 heteroatoms. The maximum absolute atomic E-state index is 9.02. The Labute approximate surface area is 94.7 Å². The SMILES string of the molecule is CC(C)[C@H]1CCc2c(sc(N)c2C#N)C1. The molecule has 1 atom stereocenters. The van der Waals surface area contributed by atoms with E-state index in [-0.39, 0.29) is 0 Å². The van der Waals surface area contributed by atoms with Crippen LogP contribution in [0.2, 0.25) is 0 Å². The van der Waals surface area contributed by atoms with Gasteiger partial charge >= 0.3 is 0 Å². The Kier molecular flexibility index (Phi) is 2.70. The zero-order valence-electron chi connectivity index (χ0n) is 9.21. The maximum atomic E-state index is 9.02. The second kappa shape index (κ2) is 3.86. The average Bonchev–Trinajstić information content (AvgIpc) is 2.51. The van der Waals surface area contributed by atoms with Gasteiger partial charge in [-0.15, -0.1) is 11.3 Å². The predicted octanol–water partition coefficient (Wildman–Crippen LogP) is 2.96. The number of thiophene rings is 1. The topological polar surface area (TPSA) is 49.8 Å². The molecular formula is C12H16N2S. The summed E-state index contributed by atoms with van der Waals surface area (Å²) in [5, 5.41) is 9.73. The number of rotatable bonds is 1. The molecule has 2 rings (SSSR count). The molecule has 1 aromatic heterocycles. The molecule has 1 aliphatic carbocycles. The zero-order valence-corrected chi connectivity index (χ0v) is 10.0. The van der Waals surface area contributed by atoms with Gasteiger partial charge in [-0.25, -0.2) is 0 Å². The van der Waals surface area contributed by atoms with Gasteiger partial charge in [-0.3, -0.25) is 0 Å². The van der Waals surface area contributed by atoms with Gasteiger partial charge in [0, 0.05) is 4.88 Å². The highest BCUT2D eigenvalue weighted by Crippen LogP contribution is 2.39. The summed E-state index contributed by atoms with van der Waals surface area (Å²) in [6.07, 6.45) is 3.36. The third-order valence-electron chi connectivity index (χ3n) is 3.39. The van der Waals surface area contributed by atoms with Crippen LogP contribution in [0.15, 0.2) is 0 Å². The van der Waals surface area contributed by atoms with Crippen LogP contribution in [0.1, 0.15) is 36.3 Å². The molecule has 2 N–H and O–H groups in total. The largest absolute Gasteiger partial charge is 0.389 e. The highest BCUT2D eigenvalue weighted by Gasteiger charge is 2.26. The number of fused-ring (bicyclic) bond motifs is 1. The van der Waals surface area contributed by atoms with Crippen LogP contribution < -0.4 is 5.73 Å². The Morgan fingerprint density at radius 1 is 1.53 bits per heavy atom. The molecule has 0 spiro atoms. The second-order valence-corrected chi connectivity index (χ2v) is 5.74. The first-order chi connectivity index (χ1) is 7.13. The lowest BCUT2D eigenvalue weighted by atomic mass is 9.81. The Morgan fingerprint density at radius 3 is 2.87 bits per heavy atom. The van der Waals surface area contributed by atoms with E-state index in [1.807, 2.05) is 0 Å². The van der Waals surface area contributed by atoms with Crippen LogP contribution in [0.3, 0.4) is 0 Å². The lowest BCUT2D eigenvalue weighted by molar-refractivity contribution is 0.346. The van der Waals surface area contributed by atoms with Crippen LogP contribution in [0.4, 0.5) is 5.00 Å². The highest BCUT2D eigenvalue weighted by atomic mass is 32.1. The van der Waals surface area contributed by atoms with Crippen molar-refractivity contribution in [3.8, 4) is 6.07 Å². The smallest absolute Gasteiger partial charge is 0.104 e. The number of nitrogens with two attached hydrogens (primary N) is 1. The molecule has 15 heavy (non-hydrogen) atoms. The van der Waals surface area contributed by atoms with Crippen molar-refractivity contribution >= 4 is 16.3 Å². The number of nitrogens with zero attached hydrogens (tertiary/aromatic N) is 1. The number of nitrogen functional groups attached to an aromatic ring is 1. The summed E-state index contributed by atoms with van der Waals surface area (Å²) in [7, 11) is 0. The van der Waals surface area contributed by atoms with Crippen molar-refractivity contribution in [3.63, 3.8) is 0 Å². The minimum absolute atomic E-state index is 0.715. The molecule has 1 aliphatic rings. The molecule has 0 amide bonds. The van der Waals surface area contributed by atoms with Crippen LogP contribution in [-0.4, -0.2) is 0 Å². The van der Waals surface area contributed by atoms with Crippen LogP contribution in [-0.2, 0) is 12.8 Å². The fraction of sp³-hybridized carbons (Fsp3) is 0.583. The van der Waals surface area contributed by atoms with E-state index in [9.17, 15) is 0 Å². The summed E-state index contributed by atoms with van der Waals surface area (Å²) in [5.74, 6) is 1.49. The van der Waals surface area contributed by atoms with Gasteiger partial charge < -0.3 is 5.73 Å². The number of nitriles is 1. The van der Waals surface area contributed by atoms with E-state index in [4.69, 9.17) is 11.0 Å². The van der Waals surface area contributed by atoms with Crippen LogP contribution in [0, 0.1) is 23.2 Å². The molecule has 0 fully saturated rings. The normalized spacial score (nSPS) is 20.0. The van der Waals surface area contributed by atoms with Crippen LogP contribution >= 0.6 is 11.3 Å². The summed E-state index contributed by atoms with van der Waals surface area (Å²) in [6, 6.07) is 2.23. The molecule has 2 nitrogen and oxygen atoms in total. The van der Waals surface area contributed by atoms with Gasteiger partial charge in [0.2, 0.25) is 0 Å². The molecule has 0 unspecified atom stereocenters.